The summed E-state index contributed by atoms with van der Waals surface area (Å²) < 4.78 is 26.1. The van der Waals surface area contributed by atoms with Crippen molar-refractivity contribution in [3.8, 4) is 0 Å². The quantitative estimate of drug-likeness (QED) is 0.661. The van der Waals surface area contributed by atoms with E-state index in [1.807, 2.05) is 4.67 Å². The van der Waals surface area contributed by atoms with Crippen LogP contribution in [0.4, 0.5) is 0 Å². The Labute approximate surface area is 112 Å². The minimum atomic E-state index is -3.07. The Kier molecular flexibility index (Phi) is 6.86. The van der Waals surface area contributed by atoms with Gasteiger partial charge in [-0.3, -0.25) is 9.05 Å². The van der Waals surface area contributed by atoms with Crippen molar-refractivity contribution in [3.63, 3.8) is 0 Å². The van der Waals surface area contributed by atoms with Crippen molar-refractivity contribution in [2.75, 3.05) is 26.3 Å². The van der Waals surface area contributed by atoms with Gasteiger partial charge in [-0.15, -0.1) is 0 Å². The Morgan fingerprint density at radius 3 is 1.78 bits per heavy atom. The largest absolute Gasteiger partial charge is 0.408 e. The van der Waals surface area contributed by atoms with E-state index in [4.69, 9.17) is 9.05 Å². The second-order valence-corrected chi connectivity index (χ2v) is 7.88. The molecule has 0 aliphatic carbocycles. The van der Waals surface area contributed by atoms with E-state index in [0.717, 1.165) is 25.9 Å². The number of rotatable bonds is 7. The standard InChI is InChI=1S/C13H28NO3P/c1-12(2)10-16-18(15,17-11-13(3)4)14-8-6-5-7-9-14/h12-13H,5-11H2,1-4H3. The first-order valence-corrected chi connectivity index (χ1v) is 8.58. The Morgan fingerprint density at radius 1 is 0.944 bits per heavy atom. The monoisotopic (exact) mass is 277 g/mol. The van der Waals surface area contributed by atoms with E-state index in [-0.39, 0.29) is 0 Å². The zero-order chi connectivity index (χ0) is 13.6. The third-order valence-corrected chi connectivity index (χ3v) is 4.86. The highest BCUT2D eigenvalue weighted by Crippen LogP contribution is 2.53. The molecule has 0 saturated carbocycles. The Balaban J connectivity index is 2.62. The fraction of sp³-hybridized carbons (Fsp3) is 1.00. The molecule has 108 valence electrons. The minimum absolute atomic E-state index is 0.366. The van der Waals surface area contributed by atoms with Crippen molar-refractivity contribution in [1.82, 2.24) is 4.67 Å². The van der Waals surface area contributed by atoms with Gasteiger partial charge in [0.15, 0.2) is 0 Å². The molecular formula is C13H28NO3P. The van der Waals surface area contributed by atoms with Gasteiger partial charge in [-0.2, -0.15) is 0 Å². The van der Waals surface area contributed by atoms with E-state index < -0.39 is 7.75 Å². The van der Waals surface area contributed by atoms with Crippen molar-refractivity contribution >= 4 is 7.75 Å². The van der Waals surface area contributed by atoms with Gasteiger partial charge in [0.25, 0.3) is 0 Å². The maximum Gasteiger partial charge on any atom is 0.408 e. The van der Waals surface area contributed by atoms with Gasteiger partial charge >= 0.3 is 7.75 Å². The van der Waals surface area contributed by atoms with Crippen LogP contribution in [0.3, 0.4) is 0 Å². The highest BCUT2D eigenvalue weighted by molar-refractivity contribution is 7.51. The zero-order valence-electron chi connectivity index (χ0n) is 12.2. The molecule has 0 unspecified atom stereocenters. The highest BCUT2D eigenvalue weighted by atomic mass is 31.2. The predicted octanol–water partition coefficient (Wildman–Crippen LogP) is 3.93. The first-order chi connectivity index (χ1) is 8.44. The summed E-state index contributed by atoms with van der Waals surface area (Å²) in [7, 11) is -3.07. The topological polar surface area (TPSA) is 38.8 Å². The Morgan fingerprint density at radius 2 is 1.39 bits per heavy atom. The van der Waals surface area contributed by atoms with Gasteiger partial charge in [0.2, 0.25) is 0 Å². The highest BCUT2D eigenvalue weighted by Gasteiger charge is 2.34. The minimum Gasteiger partial charge on any atom is -0.296 e. The SMILES string of the molecule is CC(C)COP(=O)(OCC(C)C)N1CCCCC1. The predicted molar refractivity (Wildman–Crippen MR) is 74.6 cm³/mol. The molecule has 0 radical (unpaired) electrons. The van der Waals surface area contributed by atoms with Crippen LogP contribution < -0.4 is 0 Å². The molecular weight excluding hydrogens is 249 g/mol. The molecule has 5 heteroatoms. The van der Waals surface area contributed by atoms with Crippen LogP contribution in [-0.4, -0.2) is 31.0 Å². The Hall–Kier alpha value is 0.110. The van der Waals surface area contributed by atoms with Crippen molar-refractivity contribution in [2.24, 2.45) is 11.8 Å². The summed E-state index contributed by atoms with van der Waals surface area (Å²) in [4.78, 5) is 0. The van der Waals surface area contributed by atoms with Crippen molar-refractivity contribution in [1.29, 1.82) is 0 Å². The number of nitrogens with zero attached hydrogens (tertiary/aromatic N) is 1. The molecule has 1 heterocycles. The van der Waals surface area contributed by atoms with Crippen LogP contribution in [0.25, 0.3) is 0 Å². The third kappa shape index (κ3) is 5.40. The van der Waals surface area contributed by atoms with Crippen LogP contribution in [0.5, 0.6) is 0 Å². The summed E-state index contributed by atoms with van der Waals surface area (Å²) in [5.74, 6) is 0.733. The van der Waals surface area contributed by atoms with E-state index in [2.05, 4.69) is 27.7 Å². The van der Waals surface area contributed by atoms with E-state index in [9.17, 15) is 4.57 Å². The fourth-order valence-electron chi connectivity index (χ4n) is 1.81. The van der Waals surface area contributed by atoms with E-state index >= 15 is 0 Å². The molecule has 1 aliphatic heterocycles. The summed E-state index contributed by atoms with van der Waals surface area (Å²) in [5, 5.41) is 0. The zero-order valence-corrected chi connectivity index (χ0v) is 13.1. The van der Waals surface area contributed by atoms with E-state index in [1.54, 1.807) is 0 Å². The van der Waals surface area contributed by atoms with Gasteiger partial charge in [0, 0.05) is 13.1 Å². The molecule has 0 aromatic rings. The summed E-state index contributed by atoms with van der Waals surface area (Å²) in [6.45, 7) is 10.9. The van der Waals surface area contributed by atoms with Crippen LogP contribution in [-0.2, 0) is 13.6 Å². The fourth-order valence-corrected chi connectivity index (χ4v) is 3.96. The van der Waals surface area contributed by atoms with Crippen molar-refractivity contribution < 1.29 is 13.6 Å². The van der Waals surface area contributed by atoms with E-state index in [0.29, 0.717) is 25.0 Å². The number of hydrogen-bond donors (Lipinski definition) is 0. The van der Waals surface area contributed by atoms with Crippen molar-refractivity contribution in [2.45, 2.75) is 47.0 Å². The first kappa shape index (κ1) is 16.2. The van der Waals surface area contributed by atoms with Crippen LogP contribution >= 0.6 is 7.75 Å². The molecule has 0 spiro atoms. The lowest BCUT2D eigenvalue weighted by atomic mass is 10.2. The molecule has 1 aliphatic rings. The van der Waals surface area contributed by atoms with Crippen LogP contribution in [0.1, 0.15) is 47.0 Å². The van der Waals surface area contributed by atoms with Gasteiger partial charge in [-0.25, -0.2) is 9.24 Å². The molecule has 0 amide bonds. The average molecular weight is 277 g/mol. The maximum absolute atomic E-state index is 12.9. The second kappa shape index (κ2) is 7.64. The van der Waals surface area contributed by atoms with Crippen molar-refractivity contribution in [3.05, 3.63) is 0 Å². The summed E-state index contributed by atoms with van der Waals surface area (Å²) in [6, 6.07) is 0. The second-order valence-electron chi connectivity index (χ2n) is 5.86. The lowest BCUT2D eigenvalue weighted by Crippen LogP contribution is -2.29. The molecule has 4 nitrogen and oxygen atoms in total. The maximum atomic E-state index is 12.9. The molecule has 0 aromatic carbocycles. The smallest absolute Gasteiger partial charge is 0.296 e. The van der Waals surface area contributed by atoms with Gasteiger partial charge in [-0.05, 0) is 24.7 Å². The van der Waals surface area contributed by atoms with Gasteiger partial charge in [-0.1, -0.05) is 34.1 Å². The normalized spacial score (nSPS) is 18.8. The molecule has 1 rings (SSSR count). The molecule has 1 fully saturated rings. The molecule has 0 bridgehead atoms. The first-order valence-electron chi connectivity index (χ1n) is 7.08. The lowest BCUT2D eigenvalue weighted by Gasteiger charge is -2.33. The number of hydrogen-bond acceptors (Lipinski definition) is 3. The van der Waals surface area contributed by atoms with Crippen LogP contribution in [0.15, 0.2) is 0 Å². The summed E-state index contributed by atoms with van der Waals surface area (Å²) >= 11 is 0. The van der Waals surface area contributed by atoms with Gasteiger partial charge in [0.1, 0.15) is 0 Å². The van der Waals surface area contributed by atoms with Crippen LogP contribution in [0, 0.1) is 11.8 Å². The van der Waals surface area contributed by atoms with E-state index in [1.165, 1.54) is 6.42 Å². The molecule has 18 heavy (non-hydrogen) atoms. The molecule has 0 N–H and O–H groups in total. The Bertz CT molecular complexity index is 259. The van der Waals surface area contributed by atoms with Crippen LogP contribution in [0.2, 0.25) is 0 Å². The average Bonchev–Trinajstić information content (AvgIpc) is 2.35. The summed E-state index contributed by atoms with van der Waals surface area (Å²) in [6.07, 6.45) is 3.38. The summed E-state index contributed by atoms with van der Waals surface area (Å²) in [5.41, 5.74) is 0. The molecule has 1 saturated heterocycles. The lowest BCUT2D eigenvalue weighted by molar-refractivity contribution is 0.126. The van der Waals surface area contributed by atoms with Gasteiger partial charge < -0.3 is 0 Å². The third-order valence-electron chi connectivity index (χ3n) is 2.82. The molecule has 0 aromatic heterocycles. The molecule has 0 atom stereocenters. The number of piperidine rings is 1. The van der Waals surface area contributed by atoms with Gasteiger partial charge in [0.05, 0.1) is 13.2 Å².